The van der Waals surface area contributed by atoms with Crippen LogP contribution in [-0.2, 0) is 14.3 Å². The summed E-state index contributed by atoms with van der Waals surface area (Å²) in [6.07, 6.45) is 0.520. The summed E-state index contributed by atoms with van der Waals surface area (Å²) in [5.41, 5.74) is -0.919. The Bertz CT molecular complexity index is 255. The highest BCUT2D eigenvalue weighted by Gasteiger charge is 2.34. The average Bonchev–Trinajstić information content (AvgIpc) is 2.38. The van der Waals surface area contributed by atoms with Gasteiger partial charge in [0.15, 0.2) is 0 Å². The van der Waals surface area contributed by atoms with Crippen LogP contribution in [0.25, 0.3) is 0 Å². The topological polar surface area (TPSA) is 71.0 Å². The predicted octanol–water partition coefficient (Wildman–Crippen LogP) is 0.423. The summed E-state index contributed by atoms with van der Waals surface area (Å²) in [4.78, 5) is 13.5. The molecule has 0 aliphatic rings. The van der Waals surface area contributed by atoms with Gasteiger partial charge in [-0.3, -0.25) is 9.69 Å². The predicted molar refractivity (Wildman–Crippen MR) is 74.5 cm³/mol. The van der Waals surface area contributed by atoms with Gasteiger partial charge in [-0.1, -0.05) is 0 Å². The first-order valence-corrected chi connectivity index (χ1v) is 6.55. The molecule has 114 valence electrons. The zero-order chi connectivity index (χ0) is 14.9. The second-order valence-electron chi connectivity index (χ2n) is 4.96. The molecule has 2 atom stereocenters. The number of likely N-dealkylation sites (N-methyl/N-ethyl adjacent to an activating group) is 1. The highest BCUT2D eigenvalue weighted by molar-refractivity contribution is 5.78. The van der Waals surface area contributed by atoms with Crippen molar-refractivity contribution in [2.24, 2.45) is 0 Å². The highest BCUT2D eigenvalue weighted by Crippen LogP contribution is 2.16. The molecular formula is C13H28N2O4. The van der Waals surface area contributed by atoms with E-state index in [1.54, 1.807) is 28.2 Å². The van der Waals surface area contributed by atoms with Crippen LogP contribution in [0, 0.1) is 0 Å². The zero-order valence-corrected chi connectivity index (χ0v) is 12.7. The van der Waals surface area contributed by atoms with E-state index in [9.17, 15) is 9.90 Å². The van der Waals surface area contributed by atoms with Crippen molar-refractivity contribution >= 4 is 5.97 Å². The average molecular weight is 276 g/mol. The van der Waals surface area contributed by atoms with Gasteiger partial charge in [-0.05, 0) is 27.3 Å². The number of aliphatic carboxylic acids is 1. The first-order valence-electron chi connectivity index (χ1n) is 6.55. The van der Waals surface area contributed by atoms with E-state index >= 15 is 0 Å². The second kappa shape index (κ2) is 9.25. The minimum absolute atomic E-state index is 0.124. The molecule has 0 heterocycles. The summed E-state index contributed by atoms with van der Waals surface area (Å²) in [6, 6.07) is 0.124. The van der Waals surface area contributed by atoms with Crippen LogP contribution in [-0.4, -0.2) is 75.1 Å². The lowest BCUT2D eigenvalue weighted by atomic mass is 9.93. The van der Waals surface area contributed by atoms with Gasteiger partial charge in [0, 0.05) is 33.4 Å². The third-order valence-corrected chi connectivity index (χ3v) is 3.52. The molecule has 0 rings (SSSR count). The molecule has 0 aromatic rings. The number of hydrogen-bond donors (Lipinski definition) is 2. The van der Waals surface area contributed by atoms with E-state index in [1.807, 2.05) is 6.92 Å². The second-order valence-corrected chi connectivity index (χ2v) is 4.96. The van der Waals surface area contributed by atoms with Crippen molar-refractivity contribution in [1.82, 2.24) is 10.2 Å². The Morgan fingerprint density at radius 3 is 2.11 bits per heavy atom. The van der Waals surface area contributed by atoms with E-state index in [-0.39, 0.29) is 6.04 Å². The molecule has 0 aliphatic carbocycles. The van der Waals surface area contributed by atoms with E-state index in [4.69, 9.17) is 9.47 Å². The number of carboxylic acid groups (broad SMARTS) is 1. The highest BCUT2D eigenvalue weighted by atomic mass is 16.5. The van der Waals surface area contributed by atoms with E-state index in [2.05, 4.69) is 10.2 Å². The van der Waals surface area contributed by atoms with E-state index in [0.29, 0.717) is 19.6 Å². The monoisotopic (exact) mass is 276 g/mol. The van der Waals surface area contributed by atoms with Gasteiger partial charge in [-0.2, -0.15) is 0 Å². The van der Waals surface area contributed by atoms with Crippen LogP contribution in [0.3, 0.4) is 0 Å². The molecule has 0 aromatic carbocycles. The lowest BCUT2D eigenvalue weighted by Crippen LogP contribution is -2.52. The van der Waals surface area contributed by atoms with Gasteiger partial charge >= 0.3 is 5.97 Å². The fourth-order valence-corrected chi connectivity index (χ4v) is 1.99. The van der Waals surface area contributed by atoms with E-state index < -0.39 is 11.5 Å². The van der Waals surface area contributed by atoms with Crippen molar-refractivity contribution < 1.29 is 19.4 Å². The number of hydrogen-bond acceptors (Lipinski definition) is 5. The van der Waals surface area contributed by atoms with Crippen molar-refractivity contribution in [3.05, 3.63) is 0 Å². The Hall–Kier alpha value is -0.690. The van der Waals surface area contributed by atoms with Crippen LogP contribution >= 0.6 is 0 Å². The van der Waals surface area contributed by atoms with E-state index in [0.717, 1.165) is 13.1 Å². The third-order valence-electron chi connectivity index (χ3n) is 3.52. The Balaban J connectivity index is 4.59. The third kappa shape index (κ3) is 6.33. The molecule has 0 spiro atoms. The van der Waals surface area contributed by atoms with Gasteiger partial charge < -0.3 is 19.9 Å². The SMILES string of the molecule is CNC(C)(CC(C)N(CCOC)CCOC)C(=O)O. The molecule has 2 unspecified atom stereocenters. The van der Waals surface area contributed by atoms with Crippen molar-refractivity contribution in [3.8, 4) is 0 Å². The fraction of sp³-hybridized carbons (Fsp3) is 0.923. The number of carboxylic acids is 1. The van der Waals surface area contributed by atoms with Gasteiger partial charge in [0.25, 0.3) is 0 Å². The molecule has 0 fully saturated rings. The minimum Gasteiger partial charge on any atom is -0.480 e. The van der Waals surface area contributed by atoms with Gasteiger partial charge in [-0.15, -0.1) is 0 Å². The summed E-state index contributed by atoms with van der Waals surface area (Å²) in [6.45, 7) is 6.51. The fourth-order valence-electron chi connectivity index (χ4n) is 1.99. The zero-order valence-electron chi connectivity index (χ0n) is 12.7. The van der Waals surface area contributed by atoms with Crippen LogP contribution in [0.1, 0.15) is 20.3 Å². The quantitative estimate of drug-likeness (QED) is 0.570. The van der Waals surface area contributed by atoms with Crippen molar-refractivity contribution in [1.29, 1.82) is 0 Å². The molecule has 0 bridgehead atoms. The molecule has 2 N–H and O–H groups in total. The van der Waals surface area contributed by atoms with Crippen molar-refractivity contribution in [2.75, 3.05) is 47.6 Å². The summed E-state index contributed by atoms with van der Waals surface area (Å²) in [5, 5.41) is 12.2. The minimum atomic E-state index is -0.919. The largest absolute Gasteiger partial charge is 0.480 e. The summed E-state index contributed by atoms with van der Waals surface area (Å²) in [7, 11) is 5.00. The number of methoxy groups -OCH3 is 2. The molecule has 6 nitrogen and oxygen atoms in total. The summed E-state index contributed by atoms with van der Waals surface area (Å²) in [5.74, 6) is -0.833. The van der Waals surface area contributed by atoms with Gasteiger partial charge in [0.05, 0.1) is 13.2 Å². The van der Waals surface area contributed by atoms with Gasteiger partial charge in [0.1, 0.15) is 5.54 Å². The maximum atomic E-state index is 11.3. The molecule has 0 saturated heterocycles. The Morgan fingerprint density at radius 1 is 1.32 bits per heavy atom. The summed E-state index contributed by atoms with van der Waals surface area (Å²) < 4.78 is 10.2. The van der Waals surface area contributed by atoms with Crippen LogP contribution in [0.4, 0.5) is 0 Å². The first kappa shape index (κ1) is 18.3. The Morgan fingerprint density at radius 2 is 1.79 bits per heavy atom. The Kier molecular flexibility index (Phi) is 8.92. The van der Waals surface area contributed by atoms with E-state index in [1.165, 1.54) is 0 Å². The number of rotatable bonds is 11. The first-order chi connectivity index (χ1) is 8.91. The molecule has 6 heteroatoms. The maximum Gasteiger partial charge on any atom is 0.323 e. The normalized spacial score (nSPS) is 16.3. The molecular weight excluding hydrogens is 248 g/mol. The molecule has 0 radical (unpaired) electrons. The standard InChI is InChI=1S/C13H28N2O4/c1-11(10-13(2,14-3)12(16)17)15(6-8-18-4)7-9-19-5/h11,14H,6-10H2,1-5H3,(H,16,17). The lowest BCUT2D eigenvalue weighted by molar-refractivity contribution is -0.144. The summed E-state index contributed by atoms with van der Waals surface area (Å²) >= 11 is 0. The Labute approximate surface area is 116 Å². The lowest BCUT2D eigenvalue weighted by Gasteiger charge is -2.34. The number of nitrogens with one attached hydrogen (secondary N) is 1. The van der Waals surface area contributed by atoms with Gasteiger partial charge in [0.2, 0.25) is 0 Å². The van der Waals surface area contributed by atoms with Crippen LogP contribution < -0.4 is 5.32 Å². The van der Waals surface area contributed by atoms with Crippen molar-refractivity contribution in [3.63, 3.8) is 0 Å². The number of ether oxygens (including phenoxy) is 2. The molecule has 19 heavy (non-hydrogen) atoms. The van der Waals surface area contributed by atoms with Crippen molar-refractivity contribution in [2.45, 2.75) is 31.8 Å². The molecule has 0 amide bonds. The van der Waals surface area contributed by atoms with Crippen LogP contribution in [0.5, 0.6) is 0 Å². The van der Waals surface area contributed by atoms with Crippen LogP contribution in [0.2, 0.25) is 0 Å². The molecule has 0 aromatic heterocycles. The maximum absolute atomic E-state index is 11.3. The molecule has 0 saturated carbocycles. The van der Waals surface area contributed by atoms with Gasteiger partial charge in [-0.25, -0.2) is 0 Å². The smallest absolute Gasteiger partial charge is 0.323 e. The number of carbonyl (C=O) groups is 1. The molecule has 0 aliphatic heterocycles. The van der Waals surface area contributed by atoms with Crippen LogP contribution in [0.15, 0.2) is 0 Å². The number of nitrogens with zero attached hydrogens (tertiary/aromatic N) is 1.